The second-order valence-corrected chi connectivity index (χ2v) is 13.9. The zero-order valence-corrected chi connectivity index (χ0v) is 28.9. The highest BCUT2D eigenvalue weighted by Gasteiger charge is 2.21. The van der Waals surface area contributed by atoms with Gasteiger partial charge in [-0.05, 0) is 119 Å². The molecule has 0 saturated carbocycles. The molecule has 0 radical (unpaired) electrons. The first-order valence-corrected chi connectivity index (χ1v) is 17.8. The van der Waals surface area contributed by atoms with Crippen molar-refractivity contribution in [2.45, 2.75) is 27.2 Å². The summed E-state index contributed by atoms with van der Waals surface area (Å²) in [4.78, 5) is 9.95. The van der Waals surface area contributed by atoms with Gasteiger partial charge in [-0.2, -0.15) is 0 Å². The van der Waals surface area contributed by atoms with Crippen molar-refractivity contribution >= 4 is 60.0 Å². The van der Waals surface area contributed by atoms with Gasteiger partial charge in [-0.1, -0.05) is 104 Å². The molecule has 2 aromatic heterocycles. The Morgan fingerprint density at radius 3 is 1.78 bits per heavy atom. The Labute approximate surface area is 296 Å². The van der Waals surface area contributed by atoms with E-state index < -0.39 is 0 Å². The fraction of sp³-hybridized carbons (Fsp3) is 0.106. The molecular formula is C47H36N4. The maximum absolute atomic E-state index is 4.98. The van der Waals surface area contributed by atoms with Crippen molar-refractivity contribution in [1.82, 2.24) is 19.1 Å². The van der Waals surface area contributed by atoms with Crippen LogP contribution in [0.3, 0.4) is 0 Å². The number of hydrogen-bond donors (Lipinski definition) is 0. The molecule has 2 heterocycles. The highest BCUT2D eigenvalue weighted by Crippen LogP contribution is 2.44. The molecule has 9 aromatic rings. The predicted molar refractivity (Wildman–Crippen MR) is 214 cm³/mol. The molecule has 10 rings (SSSR count). The molecule has 244 valence electrons. The van der Waals surface area contributed by atoms with Gasteiger partial charge >= 0.3 is 0 Å². The first kappa shape index (κ1) is 29.6. The molecule has 0 bridgehead atoms. The minimum absolute atomic E-state index is 0.587. The molecule has 0 spiro atoms. The standard InChI is InChI=1S/C47H36N4/c1-29-21-23-32(24-22-29)33-25-26-35-34(27-33)11-8-12-36(35)47-37-13-9-19-43(50-30(2)48-41-15-4-6-17-45(41)50)39(37)28-40-38(47)14-10-20-44(40)51-31(3)49-42-16-5-7-18-46(42)51/h4-21,23-29H,22H2,1-3H3. The Hall–Kier alpha value is -6.26. The van der Waals surface area contributed by atoms with E-state index in [1.807, 2.05) is 0 Å². The summed E-state index contributed by atoms with van der Waals surface area (Å²) in [5.74, 6) is 2.52. The zero-order chi connectivity index (χ0) is 34.2. The SMILES string of the molecule is Cc1nc2ccccc2n1-c1cccc2c(-c3cccc4cc(C5=CCC(C)C=C5)ccc34)c3cccc(-n4c(C)nc5ccccc54)c3cc12. The second-order valence-electron chi connectivity index (χ2n) is 13.9. The maximum Gasteiger partial charge on any atom is 0.111 e. The lowest BCUT2D eigenvalue weighted by Crippen LogP contribution is -2.01. The Morgan fingerprint density at radius 1 is 0.569 bits per heavy atom. The predicted octanol–water partition coefficient (Wildman–Crippen LogP) is 12.1. The molecular weight excluding hydrogens is 621 g/mol. The fourth-order valence-corrected chi connectivity index (χ4v) is 8.34. The van der Waals surface area contributed by atoms with Gasteiger partial charge in [0.25, 0.3) is 0 Å². The van der Waals surface area contributed by atoms with E-state index in [-0.39, 0.29) is 0 Å². The van der Waals surface area contributed by atoms with Crippen molar-refractivity contribution in [2.75, 3.05) is 0 Å². The minimum atomic E-state index is 0.587. The highest BCUT2D eigenvalue weighted by atomic mass is 15.1. The summed E-state index contributed by atoms with van der Waals surface area (Å²) >= 11 is 0. The lowest BCUT2D eigenvalue weighted by Gasteiger charge is -2.20. The van der Waals surface area contributed by atoms with Crippen LogP contribution in [0.1, 0.15) is 30.6 Å². The highest BCUT2D eigenvalue weighted by molar-refractivity contribution is 6.20. The van der Waals surface area contributed by atoms with Crippen LogP contribution in [-0.4, -0.2) is 19.1 Å². The topological polar surface area (TPSA) is 35.6 Å². The van der Waals surface area contributed by atoms with Gasteiger partial charge in [-0.15, -0.1) is 0 Å². The van der Waals surface area contributed by atoms with Gasteiger partial charge in [0.05, 0.1) is 33.4 Å². The number of para-hydroxylation sites is 4. The number of nitrogens with zero attached hydrogens (tertiary/aromatic N) is 4. The number of hydrogen-bond acceptors (Lipinski definition) is 2. The second kappa shape index (κ2) is 11.4. The van der Waals surface area contributed by atoms with Gasteiger partial charge in [0.1, 0.15) is 11.6 Å². The first-order valence-electron chi connectivity index (χ1n) is 17.8. The largest absolute Gasteiger partial charge is 0.296 e. The molecule has 0 N–H and O–H groups in total. The number of imidazole rings is 2. The summed E-state index contributed by atoms with van der Waals surface area (Å²) in [5.41, 5.74) is 11.5. The normalized spacial score (nSPS) is 14.7. The zero-order valence-electron chi connectivity index (χ0n) is 28.9. The Balaban J connectivity index is 1.32. The minimum Gasteiger partial charge on any atom is -0.296 e. The van der Waals surface area contributed by atoms with Gasteiger partial charge in [-0.25, -0.2) is 9.97 Å². The van der Waals surface area contributed by atoms with Crippen molar-refractivity contribution in [1.29, 1.82) is 0 Å². The number of aromatic nitrogens is 4. The van der Waals surface area contributed by atoms with Crippen LogP contribution in [0.4, 0.5) is 0 Å². The molecule has 1 aliphatic rings. The molecule has 0 amide bonds. The first-order chi connectivity index (χ1) is 25.0. The summed E-state index contributed by atoms with van der Waals surface area (Å²) < 4.78 is 4.63. The summed E-state index contributed by atoms with van der Waals surface area (Å²) in [6, 6.07) is 46.4. The van der Waals surface area contributed by atoms with E-state index in [0.717, 1.165) is 51.5 Å². The molecule has 1 atom stereocenters. The van der Waals surface area contributed by atoms with Gasteiger partial charge in [-0.3, -0.25) is 9.13 Å². The molecule has 51 heavy (non-hydrogen) atoms. The average Bonchev–Trinajstić information content (AvgIpc) is 3.68. The molecule has 7 aromatic carbocycles. The van der Waals surface area contributed by atoms with Gasteiger partial charge < -0.3 is 0 Å². The van der Waals surface area contributed by atoms with Crippen LogP contribution in [0.2, 0.25) is 0 Å². The third-order valence-corrected chi connectivity index (χ3v) is 10.7. The summed E-state index contributed by atoms with van der Waals surface area (Å²) in [6.07, 6.45) is 8.06. The van der Waals surface area contributed by atoms with Crippen molar-refractivity contribution in [2.24, 2.45) is 5.92 Å². The number of aryl methyl sites for hydroxylation is 2. The number of benzene rings is 7. The molecule has 4 nitrogen and oxygen atoms in total. The smallest absolute Gasteiger partial charge is 0.111 e. The lowest BCUT2D eigenvalue weighted by molar-refractivity contribution is 0.739. The van der Waals surface area contributed by atoms with Gasteiger partial charge in [0, 0.05) is 10.8 Å². The Bertz CT molecular complexity index is 2800. The van der Waals surface area contributed by atoms with E-state index in [2.05, 4.69) is 176 Å². The van der Waals surface area contributed by atoms with Gasteiger partial charge in [0.15, 0.2) is 0 Å². The van der Waals surface area contributed by atoms with Crippen LogP contribution in [0, 0.1) is 19.8 Å². The van der Waals surface area contributed by atoms with Crippen LogP contribution in [-0.2, 0) is 0 Å². The summed E-state index contributed by atoms with van der Waals surface area (Å²) in [6.45, 7) is 6.48. The molecule has 4 heteroatoms. The van der Waals surface area contributed by atoms with Crippen LogP contribution >= 0.6 is 0 Å². The monoisotopic (exact) mass is 656 g/mol. The molecule has 0 saturated heterocycles. The molecule has 0 aliphatic heterocycles. The van der Waals surface area contributed by atoms with Crippen molar-refractivity contribution in [3.63, 3.8) is 0 Å². The Kier molecular flexibility index (Phi) is 6.62. The van der Waals surface area contributed by atoms with Crippen molar-refractivity contribution < 1.29 is 0 Å². The number of fused-ring (bicyclic) bond motifs is 5. The van der Waals surface area contributed by atoms with Crippen LogP contribution in [0.25, 0.3) is 82.5 Å². The quantitative estimate of drug-likeness (QED) is 0.177. The number of allylic oxidation sites excluding steroid dienone is 4. The van der Waals surface area contributed by atoms with Crippen LogP contribution in [0.15, 0.2) is 146 Å². The Morgan fingerprint density at radius 2 is 1.18 bits per heavy atom. The third-order valence-electron chi connectivity index (χ3n) is 10.7. The van der Waals surface area contributed by atoms with Crippen LogP contribution < -0.4 is 0 Å². The average molecular weight is 657 g/mol. The summed E-state index contributed by atoms with van der Waals surface area (Å²) in [7, 11) is 0. The fourth-order valence-electron chi connectivity index (χ4n) is 8.34. The van der Waals surface area contributed by atoms with Crippen molar-refractivity contribution in [3.05, 3.63) is 163 Å². The maximum atomic E-state index is 4.98. The van der Waals surface area contributed by atoms with E-state index in [4.69, 9.17) is 9.97 Å². The third kappa shape index (κ3) is 4.60. The van der Waals surface area contributed by atoms with Crippen LogP contribution in [0.5, 0.6) is 0 Å². The van der Waals surface area contributed by atoms with E-state index >= 15 is 0 Å². The van der Waals surface area contributed by atoms with E-state index in [1.165, 1.54) is 54.6 Å². The summed E-state index contributed by atoms with van der Waals surface area (Å²) in [5, 5.41) is 7.27. The number of rotatable bonds is 4. The van der Waals surface area contributed by atoms with E-state index in [0.29, 0.717) is 5.92 Å². The van der Waals surface area contributed by atoms with Gasteiger partial charge in [0.2, 0.25) is 0 Å². The van der Waals surface area contributed by atoms with E-state index in [1.54, 1.807) is 0 Å². The lowest BCUT2D eigenvalue weighted by atomic mass is 9.87. The molecule has 1 unspecified atom stereocenters. The molecule has 0 fully saturated rings. The van der Waals surface area contributed by atoms with E-state index in [9.17, 15) is 0 Å². The molecule has 1 aliphatic carbocycles. The van der Waals surface area contributed by atoms with Crippen molar-refractivity contribution in [3.8, 4) is 22.5 Å².